The molecule has 4 nitrogen and oxygen atoms in total. The lowest BCUT2D eigenvalue weighted by Gasteiger charge is -2.27. The molecule has 1 aliphatic heterocycles. The highest BCUT2D eigenvalue weighted by Crippen LogP contribution is 2.35. The number of thioether (sulfide) groups is 1. The van der Waals surface area contributed by atoms with Gasteiger partial charge in [0.25, 0.3) is 5.91 Å². The van der Waals surface area contributed by atoms with E-state index in [9.17, 15) is 19.1 Å². The zero-order chi connectivity index (χ0) is 17.1. The lowest BCUT2D eigenvalue weighted by Crippen LogP contribution is -2.47. The third-order valence-electron chi connectivity index (χ3n) is 3.71. The van der Waals surface area contributed by atoms with Crippen LogP contribution in [0, 0.1) is 11.7 Å². The second-order valence-corrected chi connectivity index (χ2v) is 6.95. The molecule has 7 heteroatoms. The van der Waals surface area contributed by atoms with E-state index in [1.54, 1.807) is 25.1 Å². The van der Waals surface area contributed by atoms with Crippen LogP contribution in [0.3, 0.4) is 0 Å². The quantitative estimate of drug-likeness (QED) is 0.648. The van der Waals surface area contributed by atoms with Crippen LogP contribution in [0.5, 0.6) is 0 Å². The van der Waals surface area contributed by atoms with Crippen LogP contribution in [0.15, 0.2) is 29.2 Å². The number of aliphatic carboxylic acids is 1. The Kier molecular flexibility index (Phi) is 5.54. The zero-order valence-electron chi connectivity index (χ0n) is 12.7. The van der Waals surface area contributed by atoms with Crippen LogP contribution in [-0.2, 0) is 9.59 Å². The molecule has 1 N–H and O–H groups in total. The summed E-state index contributed by atoms with van der Waals surface area (Å²) in [6, 6.07) is 4.71. The summed E-state index contributed by atoms with van der Waals surface area (Å²) in [5.74, 6) is -2.08. The van der Waals surface area contributed by atoms with Gasteiger partial charge in [0, 0.05) is 0 Å². The molecule has 0 aliphatic carbocycles. The van der Waals surface area contributed by atoms with E-state index in [-0.39, 0.29) is 16.1 Å². The van der Waals surface area contributed by atoms with E-state index in [0.717, 1.165) is 11.8 Å². The van der Waals surface area contributed by atoms with E-state index < -0.39 is 17.9 Å². The van der Waals surface area contributed by atoms with Crippen molar-refractivity contribution in [2.75, 3.05) is 0 Å². The highest BCUT2D eigenvalue weighted by molar-refractivity contribution is 8.26. The number of hydrogen-bond acceptors (Lipinski definition) is 4. The molecule has 1 aliphatic rings. The van der Waals surface area contributed by atoms with Gasteiger partial charge in [0.2, 0.25) is 0 Å². The van der Waals surface area contributed by atoms with Crippen LogP contribution in [0.1, 0.15) is 25.8 Å². The van der Waals surface area contributed by atoms with Gasteiger partial charge in [-0.25, -0.2) is 9.18 Å². The third kappa shape index (κ3) is 3.79. The lowest BCUT2D eigenvalue weighted by atomic mass is 9.98. The molecule has 0 radical (unpaired) electrons. The van der Waals surface area contributed by atoms with Crippen LogP contribution in [0.2, 0.25) is 0 Å². The molecule has 0 bridgehead atoms. The number of benzene rings is 1. The molecule has 122 valence electrons. The molecule has 1 amide bonds. The number of hydrogen-bond donors (Lipinski definition) is 1. The van der Waals surface area contributed by atoms with E-state index >= 15 is 0 Å². The molecule has 0 spiro atoms. The molecule has 2 atom stereocenters. The molecule has 1 saturated heterocycles. The van der Waals surface area contributed by atoms with Gasteiger partial charge < -0.3 is 5.11 Å². The number of nitrogens with zero attached hydrogens (tertiary/aromatic N) is 1. The number of halogens is 1. The van der Waals surface area contributed by atoms with Crippen molar-refractivity contribution in [3.8, 4) is 0 Å². The predicted molar refractivity (Wildman–Crippen MR) is 92.3 cm³/mol. The maximum absolute atomic E-state index is 12.9. The number of carbonyl (C=O) groups is 2. The normalized spacial score (nSPS) is 19.3. The third-order valence-corrected chi connectivity index (χ3v) is 5.04. The number of amides is 1. The first-order valence-electron chi connectivity index (χ1n) is 7.10. The first-order valence-corrected chi connectivity index (χ1v) is 8.33. The first kappa shape index (κ1) is 17.6. The zero-order valence-corrected chi connectivity index (χ0v) is 14.3. The SMILES string of the molecule is CC[C@H](C)[C@H](C(=O)O)N1C(=O)/C(=C/c2ccc(F)cc2)SC1=S. The summed E-state index contributed by atoms with van der Waals surface area (Å²) in [7, 11) is 0. The van der Waals surface area contributed by atoms with Crippen molar-refractivity contribution in [3.05, 3.63) is 40.6 Å². The van der Waals surface area contributed by atoms with E-state index in [1.165, 1.54) is 17.0 Å². The van der Waals surface area contributed by atoms with Gasteiger partial charge in [0.05, 0.1) is 4.91 Å². The van der Waals surface area contributed by atoms with Gasteiger partial charge in [0.1, 0.15) is 16.2 Å². The number of rotatable bonds is 5. The summed E-state index contributed by atoms with van der Waals surface area (Å²) in [6.07, 6.45) is 2.21. The maximum atomic E-state index is 12.9. The van der Waals surface area contributed by atoms with Gasteiger partial charge in [0.15, 0.2) is 0 Å². The summed E-state index contributed by atoms with van der Waals surface area (Å²) in [5.41, 5.74) is 0.655. The van der Waals surface area contributed by atoms with Crippen molar-refractivity contribution in [3.63, 3.8) is 0 Å². The van der Waals surface area contributed by atoms with Crippen molar-refractivity contribution in [1.29, 1.82) is 0 Å². The Morgan fingerprint density at radius 3 is 2.57 bits per heavy atom. The molecule has 1 aromatic carbocycles. The minimum Gasteiger partial charge on any atom is -0.480 e. The van der Waals surface area contributed by atoms with Gasteiger partial charge in [-0.1, -0.05) is 56.4 Å². The fraction of sp³-hybridized carbons (Fsp3) is 0.312. The van der Waals surface area contributed by atoms with Gasteiger partial charge in [-0.15, -0.1) is 0 Å². The molecule has 0 unspecified atom stereocenters. The Morgan fingerprint density at radius 2 is 2.04 bits per heavy atom. The highest BCUT2D eigenvalue weighted by atomic mass is 32.2. The molecule has 2 rings (SSSR count). The van der Waals surface area contributed by atoms with Crippen molar-refractivity contribution in [2.45, 2.75) is 26.3 Å². The molecule has 0 saturated carbocycles. The van der Waals surface area contributed by atoms with Gasteiger partial charge in [-0.2, -0.15) is 0 Å². The lowest BCUT2D eigenvalue weighted by molar-refractivity contribution is -0.147. The minimum absolute atomic E-state index is 0.222. The van der Waals surface area contributed by atoms with Gasteiger partial charge in [-0.05, 0) is 29.7 Å². The summed E-state index contributed by atoms with van der Waals surface area (Å²) >= 11 is 6.26. The average molecular weight is 353 g/mol. The predicted octanol–water partition coefficient (Wildman–Crippen LogP) is 3.53. The summed E-state index contributed by atoms with van der Waals surface area (Å²) < 4.78 is 13.2. The Bertz CT molecular complexity index is 672. The number of carboxylic acids is 1. The van der Waals surface area contributed by atoms with Crippen LogP contribution in [0.25, 0.3) is 6.08 Å². The monoisotopic (exact) mass is 353 g/mol. The van der Waals surface area contributed by atoms with Gasteiger partial charge in [-0.3, -0.25) is 9.69 Å². The van der Waals surface area contributed by atoms with Gasteiger partial charge >= 0.3 is 5.97 Å². The van der Waals surface area contributed by atoms with E-state index in [4.69, 9.17) is 12.2 Å². The molecule has 1 heterocycles. The Labute approximate surface area is 143 Å². The molecule has 1 fully saturated rings. The van der Waals surface area contributed by atoms with Crippen LogP contribution < -0.4 is 0 Å². The smallest absolute Gasteiger partial charge is 0.327 e. The molecule has 0 aromatic heterocycles. The summed E-state index contributed by atoms with van der Waals surface area (Å²) in [6.45, 7) is 3.65. The molecule has 1 aromatic rings. The Balaban J connectivity index is 2.32. The van der Waals surface area contributed by atoms with Crippen LogP contribution in [0.4, 0.5) is 4.39 Å². The van der Waals surface area contributed by atoms with E-state index in [2.05, 4.69) is 0 Å². The summed E-state index contributed by atoms with van der Waals surface area (Å²) in [5, 5.41) is 9.45. The Hall–Kier alpha value is -1.73. The fourth-order valence-corrected chi connectivity index (χ4v) is 3.59. The van der Waals surface area contributed by atoms with E-state index in [0.29, 0.717) is 16.9 Å². The van der Waals surface area contributed by atoms with Crippen LogP contribution >= 0.6 is 24.0 Å². The van der Waals surface area contributed by atoms with Crippen molar-refractivity contribution >= 4 is 46.3 Å². The number of carbonyl (C=O) groups excluding carboxylic acids is 1. The average Bonchev–Trinajstić information content (AvgIpc) is 2.77. The van der Waals surface area contributed by atoms with Crippen molar-refractivity contribution in [2.24, 2.45) is 5.92 Å². The maximum Gasteiger partial charge on any atom is 0.327 e. The summed E-state index contributed by atoms with van der Waals surface area (Å²) in [4.78, 5) is 25.6. The number of thiocarbonyl (C=S) groups is 1. The molecular weight excluding hydrogens is 337 g/mol. The van der Waals surface area contributed by atoms with Crippen LogP contribution in [-0.4, -0.2) is 32.2 Å². The Morgan fingerprint density at radius 1 is 1.43 bits per heavy atom. The number of carboxylic acid groups (broad SMARTS) is 1. The standard InChI is InChI=1S/C16H16FNO3S2/c1-3-9(2)13(15(20)21)18-14(19)12(23-16(18)22)8-10-4-6-11(17)7-5-10/h4-9,13H,3H2,1-2H3,(H,20,21)/b12-8-/t9-,13+/m0/s1. The van der Waals surface area contributed by atoms with E-state index in [1.807, 2.05) is 6.92 Å². The second-order valence-electron chi connectivity index (χ2n) is 5.27. The molecule has 23 heavy (non-hydrogen) atoms. The van der Waals surface area contributed by atoms with Crippen molar-refractivity contribution < 1.29 is 19.1 Å². The second kappa shape index (κ2) is 7.23. The molecular formula is C16H16FNO3S2. The first-order chi connectivity index (χ1) is 10.8. The minimum atomic E-state index is -1.07. The van der Waals surface area contributed by atoms with Crippen molar-refractivity contribution in [1.82, 2.24) is 4.90 Å². The fourth-order valence-electron chi connectivity index (χ4n) is 2.26. The topological polar surface area (TPSA) is 57.6 Å². The highest BCUT2D eigenvalue weighted by Gasteiger charge is 2.42. The largest absolute Gasteiger partial charge is 0.480 e.